The van der Waals surface area contributed by atoms with Crippen molar-refractivity contribution < 1.29 is 19.4 Å². The van der Waals surface area contributed by atoms with Crippen molar-refractivity contribution in [1.82, 2.24) is 9.80 Å². The van der Waals surface area contributed by atoms with Gasteiger partial charge in [0.25, 0.3) is 0 Å². The second-order valence-corrected chi connectivity index (χ2v) is 10.7. The summed E-state index contributed by atoms with van der Waals surface area (Å²) in [4.78, 5) is 16.2. The van der Waals surface area contributed by atoms with Crippen LogP contribution in [-0.2, 0) is 11.3 Å². The molecule has 1 amide bonds. The van der Waals surface area contributed by atoms with E-state index in [1.54, 1.807) is 18.2 Å². The largest absolute Gasteiger partial charge is 0.494 e. The van der Waals surface area contributed by atoms with Gasteiger partial charge in [-0.1, -0.05) is 35.3 Å². The summed E-state index contributed by atoms with van der Waals surface area (Å²) in [5.74, 6) is 1.74. The van der Waals surface area contributed by atoms with Gasteiger partial charge in [0.2, 0.25) is 5.91 Å². The number of likely N-dealkylation sites (tertiary alicyclic amines) is 2. The van der Waals surface area contributed by atoms with Crippen LogP contribution in [0.1, 0.15) is 50.5 Å². The van der Waals surface area contributed by atoms with Gasteiger partial charge in [0, 0.05) is 38.7 Å². The van der Waals surface area contributed by atoms with E-state index in [9.17, 15) is 9.90 Å². The molecule has 1 unspecified atom stereocenters. The monoisotopic (exact) mass is 534 g/mol. The van der Waals surface area contributed by atoms with Crippen molar-refractivity contribution in [1.29, 1.82) is 0 Å². The normalized spacial score (nSPS) is 21.3. The highest BCUT2D eigenvalue weighted by molar-refractivity contribution is 6.42. The zero-order chi connectivity index (χ0) is 25.4. The summed E-state index contributed by atoms with van der Waals surface area (Å²) in [5, 5.41) is 12.0. The molecular weight excluding hydrogens is 499 g/mol. The summed E-state index contributed by atoms with van der Waals surface area (Å²) in [7, 11) is 0. The molecule has 2 heterocycles. The standard InChI is InChI=1S/C28H36Cl2N2O4/c29-25-11-10-24(19-26(25)30)36-21-28(34)12-3-14-31(17-13-28)20-22-6-8-23(9-7-22)35-18-4-16-32-15-2-1-5-27(32)33/h6-11,19,34H,1-5,12-18,20-21H2. The number of rotatable bonds is 10. The van der Waals surface area contributed by atoms with Gasteiger partial charge in [0.1, 0.15) is 18.1 Å². The van der Waals surface area contributed by atoms with Crippen LogP contribution < -0.4 is 9.47 Å². The smallest absolute Gasteiger partial charge is 0.222 e. The highest BCUT2D eigenvalue weighted by Gasteiger charge is 2.31. The molecule has 2 aliphatic rings. The highest BCUT2D eigenvalue weighted by atomic mass is 35.5. The van der Waals surface area contributed by atoms with Crippen molar-refractivity contribution in [2.24, 2.45) is 0 Å². The van der Waals surface area contributed by atoms with Crippen molar-refractivity contribution in [2.45, 2.75) is 57.1 Å². The van der Waals surface area contributed by atoms with Crippen molar-refractivity contribution in [2.75, 3.05) is 39.4 Å². The lowest BCUT2D eigenvalue weighted by molar-refractivity contribution is -0.133. The first-order valence-electron chi connectivity index (χ1n) is 12.9. The van der Waals surface area contributed by atoms with Crippen LogP contribution in [0.2, 0.25) is 10.0 Å². The molecule has 6 nitrogen and oxygen atoms in total. The Morgan fingerprint density at radius 2 is 1.69 bits per heavy atom. The number of carbonyl (C=O) groups is 1. The number of ether oxygens (including phenoxy) is 2. The second kappa shape index (κ2) is 13.0. The summed E-state index contributed by atoms with van der Waals surface area (Å²) >= 11 is 12.0. The molecule has 196 valence electrons. The van der Waals surface area contributed by atoms with Crippen LogP contribution in [0.25, 0.3) is 0 Å². The Bertz CT molecular complexity index is 1000. The molecule has 1 atom stereocenters. The predicted octanol–water partition coefficient (Wildman–Crippen LogP) is 5.57. The number of carbonyl (C=O) groups excluding carboxylic acids is 1. The van der Waals surface area contributed by atoms with Crippen molar-refractivity contribution in [3.05, 3.63) is 58.1 Å². The van der Waals surface area contributed by atoms with E-state index in [4.69, 9.17) is 32.7 Å². The number of hydrogen-bond acceptors (Lipinski definition) is 5. The van der Waals surface area contributed by atoms with E-state index in [0.29, 0.717) is 41.7 Å². The molecule has 4 rings (SSSR count). The molecule has 2 aliphatic heterocycles. The summed E-state index contributed by atoms with van der Waals surface area (Å²) in [5.41, 5.74) is 0.357. The third-order valence-corrected chi connectivity index (χ3v) is 7.74. The van der Waals surface area contributed by atoms with Gasteiger partial charge in [-0.25, -0.2) is 0 Å². The van der Waals surface area contributed by atoms with E-state index < -0.39 is 5.60 Å². The summed E-state index contributed by atoms with van der Waals surface area (Å²) in [6, 6.07) is 13.4. The van der Waals surface area contributed by atoms with Gasteiger partial charge < -0.3 is 19.5 Å². The van der Waals surface area contributed by atoms with E-state index in [1.807, 2.05) is 17.0 Å². The van der Waals surface area contributed by atoms with E-state index >= 15 is 0 Å². The Morgan fingerprint density at radius 3 is 2.47 bits per heavy atom. The first-order valence-corrected chi connectivity index (χ1v) is 13.7. The number of benzene rings is 2. The Morgan fingerprint density at radius 1 is 0.889 bits per heavy atom. The van der Waals surface area contributed by atoms with Crippen LogP contribution >= 0.6 is 23.2 Å². The molecule has 2 aromatic rings. The zero-order valence-electron chi connectivity index (χ0n) is 20.8. The molecule has 36 heavy (non-hydrogen) atoms. The fourth-order valence-electron chi connectivity index (χ4n) is 4.81. The minimum Gasteiger partial charge on any atom is -0.494 e. The second-order valence-electron chi connectivity index (χ2n) is 9.90. The predicted molar refractivity (Wildman–Crippen MR) is 143 cm³/mol. The lowest BCUT2D eigenvalue weighted by Gasteiger charge is -2.27. The molecule has 0 radical (unpaired) electrons. The zero-order valence-corrected chi connectivity index (χ0v) is 22.3. The number of piperidine rings is 1. The van der Waals surface area contributed by atoms with Gasteiger partial charge in [-0.3, -0.25) is 9.69 Å². The molecule has 0 spiro atoms. The van der Waals surface area contributed by atoms with Crippen LogP contribution in [0, 0.1) is 0 Å². The Labute approximate surface area is 224 Å². The maximum absolute atomic E-state index is 11.9. The van der Waals surface area contributed by atoms with Gasteiger partial charge in [-0.2, -0.15) is 0 Å². The maximum atomic E-state index is 11.9. The summed E-state index contributed by atoms with van der Waals surface area (Å²) < 4.78 is 11.7. The third kappa shape index (κ3) is 8.01. The number of amides is 1. The number of hydrogen-bond donors (Lipinski definition) is 1. The Kier molecular flexibility index (Phi) is 9.77. The topological polar surface area (TPSA) is 62.2 Å². The first-order chi connectivity index (χ1) is 17.4. The van der Waals surface area contributed by atoms with Crippen LogP contribution in [-0.4, -0.2) is 65.8 Å². The number of aliphatic hydroxyl groups is 1. The fourth-order valence-corrected chi connectivity index (χ4v) is 5.10. The summed E-state index contributed by atoms with van der Waals surface area (Å²) in [6.07, 6.45) is 5.91. The van der Waals surface area contributed by atoms with Gasteiger partial charge in [0.05, 0.1) is 22.3 Å². The van der Waals surface area contributed by atoms with Crippen LogP contribution in [0.4, 0.5) is 0 Å². The van der Waals surface area contributed by atoms with E-state index in [0.717, 1.165) is 64.2 Å². The third-order valence-electron chi connectivity index (χ3n) is 7.00. The van der Waals surface area contributed by atoms with Gasteiger partial charge >= 0.3 is 0 Å². The first kappa shape index (κ1) is 27.1. The molecule has 2 aromatic carbocycles. The van der Waals surface area contributed by atoms with Gasteiger partial charge in [0.15, 0.2) is 0 Å². The molecule has 8 heteroatoms. The van der Waals surface area contributed by atoms with Crippen molar-refractivity contribution >= 4 is 29.1 Å². The van der Waals surface area contributed by atoms with Gasteiger partial charge in [-0.05, 0) is 74.9 Å². The van der Waals surface area contributed by atoms with E-state index in [-0.39, 0.29) is 12.5 Å². The molecule has 2 fully saturated rings. The van der Waals surface area contributed by atoms with Crippen LogP contribution in [0.5, 0.6) is 11.5 Å². The SMILES string of the molecule is O=C1CCCCN1CCCOc1ccc(CN2CCCC(O)(COc3ccc(Cl)c(Cl)c3)CC2)cc1. The van der Waals surface area contributed by atoms with E-state index in [2.05, 4.69) is 17.0 Å². The fraction of sp³-hybridized carbons (Fsp3) is 0.536. The maximum Gasteiger partial charge on any atom is 0.222 e. The van der Waals surface area contributed by atoms with Crippen LogP contribution in [0.3, 0.4) is 0 Å². The van der Waals surface area contributed by atoms with Crippen molar-refractivity contribution in [3.8, 4) is 11.5 Å². The number of nitrogens with zero attached hydrogens (tertiary/aromatic N) is 2. The molecule has 0 aliphatic carbocycles. The molecule has 1 N–H and O–H groups in total. The molecule has 0 bridgehead atoms. The molecule has 2 saturated heterocycles. The highest BCUT2D eigenvalue weighted by Crippen LogP contribution is 2.29. The average Bonchev–Trinajstić information content (AvgIpc) is 3.06. The molecule has 0 aromatic heterocycles. The summed E-state index contributed by atoms with van der Waals surface area (Å²) in [6.45, 7) is 5.07. The number of halogens is 2. The Hall–Kier alpha value is -1.99. The minimum atomic E-state index is -0.864. The Balaban J connectivity index is 1.18. The van der Waals surface area contributed by atoms with Crippen molar-refractivity contribution in [3.63, 3.8) is 0 Å². The van der Waals surface area contributed by atoms with Crippen LogP contribution in [0.15, 0.2) is 42.5 Å². The lowest BCUT2D eigenvalue weighted by atomic mass is 9.96. The van der Waals surface area contributed by atoms with E-state index in [1.165, 1.54) is 5.56 Å². The molecular formula is C28H36Cl2N2O4. The lowest BCUT2D eigenvalue weighted by Crippen LogP contribution is -2.37. The average molecular weight is 536 g/mol. The quantitative estimate of drug-likeness (QED) is 0.403. The van der Waals surface area contributed by atoms with Gasteiger partial charge in [-0.15, -0.1) is 0 Å². The molecule has 0 saturated carbocycles. The minimum absolute atomic E-state index is 0.233.